The van der Waals surface area contributed by atoms with Crippen LogP contribution in [-0.4, -0.2) is 31.7 Å². The molecule has 2 aromatic carbocycles. The lowest BCUT2D eigenvalue weighted by Crippen LogP contribution is -2.33. The molecule has 25 heavy (non-hydrogen) atoms. The van der Waals surface area contributed by atoms with Gasteiger partial charge in [0.25, 0.3) is 5.91 Å². The van der Waals surface area contributed by atoms with Gasteiger partial charge in [0.15, 0.2) is 0 Å². The predicted octanol–water partition coefficient (Wildman–Crippen LogP) is 3.25. The molecule has 0 aliphatic heterocycles. The van der Waals surface area contributed by atoms with Gasteiger partial charge in [-0.1, -0.05) is 6.07 Å². The number of hydrogen-bond donors (Lipinski definition) is 1. The highest BCUT2D eigenvalue weighted by Crippen LogP contribution is 2.20. The Morgan fingerprint density at radius 2 is 1.80 bits per heavy atom. The Morgan fingerprint density at radius 3 is 2.44 bits per heavy atom. The summed E-state index contributed by atoms with van der Waals surface area (Å²) in [5.41, 5.74) is -0.306. The molecule has 8 heteroatoms. The zero-order chi connectivity index (χ0) is 18.8. The fourth-order valence-electron chi connectivity index (χ4n) is 2.03. The third kappa shape index (κ3) is 4.21. The lowest BCUT2D eigenvalue weighted by atomic mass is 10.2. The van der Waals surface area contributed by atoms with E-state index in [2.05, 4.69) is 5.32 Å². The summed E-state index contributed by atoms with van der Waals surface area (Å²) in [6.07, 6.45) is 0. The molecule has 0 aromatic heterocycles. The number of carbonyl (C=O) groups excluding carboxylic acids is 1. The molecule has 0 aliphatic rings. The van der Waals surface area contributed by atoms with E-state index in [1.807, 2.05) is 0 Å². The van der Waals surface area contributed by atoms with Gasteiger partial charge in [0, 0.05) is 24.7 Å². The number of hydrogen-bond acceptors (Lipinski definition) is 3. The molecule has 0 unspecified atom stereocenters. The number of benzene rings is 2. The second-order valence-electron chi connectivity index (χ2n) is 5.72. The van der Waals surface area contributed by atoms with Crippen molar-refractivity contribution in [2.75, 3.05) is 12.4 Å². The van der Waals surface area contributed by atoms with Crippen LogP contribution in [0.2, 0.25) is 0 Å². The quantitative estimate of drug-likeness (QED) is 0.881. The van der Waals surface area contributed by atoms with Gasteiger partial charge in [-0.2, -0.15) is 4.31 Å². The summed E-state index contributed by atoms with van der Waals surface area (Å²) in [6, 6.07) is 7.78. The van der Waals surface area contributed by atoms with Crippen LogP contribution in [0.1, 0.15) is 24.2 Å². The van der Waals surface area contributed by atoms with Crippen LogP contribution in [0.4, 0.5) is 14.5 Å². The van der Waals surface area contributed by atoms with Crippen molar-refractivity contribution in [2.45, 2.75) is 24.8 Å². The lowest BCUT2D eigenvalue weighted by Gasteiger charge is -2.21. The van der Waals surface area contributed by atoms with Crippen LogP contribution >= 0.6 is 0 Å². The zero-order valence-electron chi connectivity index (χ0n) is 14.0. The molecule has 0 atom stereocenters. The number of anilines is 1. The van der Waals surface area contributed by atoms with E-state index in [1.54, 1.807) is 13.8 Å². The predicted molar refractivity (Wildman–Crippen MR) is 90.8 cm³/mol. The maximum absolute atomic E-state index is 13.6. The fourth-order valence-corrected chi connectivity index (χ4v) is 3.44. The van der Waals surface area contributed by atoms with E-state index in [0.717, 1.165) is 18.2 Å². The summed E-state index contributed by atoms with van der Waals surface area (Å²) in [5, 5.41) is 2.24. The van der Waals surface area contributed by atoms with Crippen LogP contribution in [0.25, 0.3) is 0 Å². The molecular weight excluding hydrogens is 350 g/mol. The van der Waals surface area contributed by atoms with Crippen LogP contribution in [0.3, 0.4) is 0 Å². The topological polar surface area (TPSA) is 66.5 Å². The molecule has 0 saturated carbocycles. The van der Waals surface area contributed by atoms with E-state index in [0.29, 0.717) is 0 Å². The maximum atomic E-state index is 13.6. The minimum atomic E-state index is -3.76. The van der Waals surface area contributed by atoms with E-state index in [-0.39, 0.29) is 22.2 Å². The van der Waals surface area contributed by atoms with Crippen LogP contribution < -0.4 is 5.32 Å². The standard InChI is InChI=1S/C17H18F2N2O3S/c1-11(2)21(3)25(23,24)14-6-4-5-12(9-14)17(22)20-16-10-13(18)7-8-15(16)19/h4-11H,1-3H3,(H,20,22). The molecule has 5 nitrogen and oxygen atoms in total. The Hall–Kier alpha value is -2.32. The molecule has 0 fully saturated rings. The third-order valence-corrected chi connectivity index (χ3v) is 5.71. The van der Waals surface area contributed by atoms with Gasteiger partial charge < -0.3 is 5.32 Å². The number of halogens is 2. The maximum Gasteiger partial charge on any atom is 0.255 e. The number of amides is 1. The molecule has 0 heterocycles. The SMILES string of the molecule is CC(C)N(C)S(=O)(=O)c1cccc(C(=O)Nc2cc(F)ccc2F)c1. The van der Waals surface area contributed by atoms with Gasteiger partial charge in [-0.15, -0.1) is 0 Å². The van der Waals surface area contributed by atoms with Crippen LogP contribution in [0.15, 0.2) is 47.4 Å². The van der Waals surface area contributed by atoms with E-state index in [9.17, 15) is 22.0 Å². The Bertz CT molecular complexity index is 899. The molecule has 0 saturated heterocycles. The van der Waals surface area contributed by atoms with Gasteiger partial charge in [-0.05, 0) is 44.2 Å². The van der Waals surface area contributed by atoms with Crippen molar-refractivity contribution in [2.24, 2.45) is 0 Å². The fraction of sp³-hybridized carbons (Fsp3) is 0.235. The molecule has 2 rings (SSSR count). The van der Waals surface area contributed by atoms with Gasteiger partial charge in [0.2, 0.25) is 10.0 Å². The van der Waals surface area contributed by atoms with Crippen molar-refractivity contribution < 1.29 is 22.0 Å². The highest BCUT2D eigenvalue weighted by atomic mass is 32.2. The van der Waals surface area contributed by atoms with E-state index >= 15 is 0 Å². The van der Waals surface area contributed by atoms with Gasteiger partial charge in [0.1, 0.15) is 11.6 Å². The molecule has 0 bridgehead atoms. The first-order valence-corrected chi connectivity index (χ1v) is 8.91. The molecule has 0 aliphatic carbocycles. The number of sulfonamides is 1. The van der Waals surface area contributed by atoms with Gasteiger partial charge in [-0.25, -0.2) is 17.2 Å². The van der Waals surface area contributed by atoms with E-state index < -0.39 is 27.6 Å². The zero-order valence-corrected chi connectivity index (χ0v) is 14.8. The Balaban J connectivity index is 2.32. The van der Waals surface area contributed by atoms with Gasteiger partial charge >= 0.3 is 0 Å². The average molecular weight is 368 g/mol. The Labute approximate surface area is 145 Å². The first kappa shape index (κ1) is 19.0. The van der Waals surface area contributed by atoms with Crippen molar-refractivity contribution in [1.82, 2.24) is 4.31 Å². The van der Waals surface area contributed by atoms with Crippen molar-refractivity contribution in [3.63, 3.8) is 0 Å². The van der Waals surface area contributed by atoms with Crippen molar-refractivity contribution in [3.05, 3.63) is 59.7 Å². The van der Waals surface area contributed by atoms with Crippen molar-refractivity contribution in [1.29, 1.82) is 0 Å². The minimum Gasteiger partial charge on any atom is -0.319 e. The summed E-state index contributed by atoms with van der Waals surface area (Å²) in [5.74, 6) is -2.24. The highest BCUT2D eigenvalue weighted by Gasteiger charge is 2.24. The molecule has 134 valence electrons. The number of nitrogens with one attached hydrogen (secondary N) is 1. The molecule has 0 radical (unpaired) electrons. The first-order valence-electron chi connectivity index (χ1n) is 7.47. The smallest absolute Gasteiger partial charge is 0.255 e. The molecule has 1 amide bonds. The summed E-state index contributed by atoms with van der Waals surface area (Å²) < 4.78 is 53.0. The summed E-state index contributed by atoms with van der Waals surface area (Å²) in [4.78, 5) is 12.2. The van der Waals surface area contributed by atoms with E-state index in [1.165, 1.54) is 35.6 Å². The van der Waals surface area contributed by atoms with Gasteiger partial charge in [0.05, 0.1) is 10.6 Å². The third-order valence-electron chi connectivity index (χ3n) is 3.68. The normalized spacial score (nSPS) is 11.8. The largest absolute Gasteiger partial charge is 0.319 e. The Morgan fingerprint density at radius 1 is 1.12 bits per heavy atom. The summed E-state index contributed by atoms with van der Waals surface area (Å²) in [6.45, 7) is 3.45. The van der Waals surface area contributed by atoms with Crippen molar-refractivity contribution >= 4 is 21.6 Å². The number of carbonyl (C=O) groups is 1. The summed E-state index contributed by atoms with van der Waals surface area (Å²) in [7, 11) is -2.32. The number of rotatable bonds is 5. The second kappa shape index (κ2) is 7.28. The van der Waals surface area contributed by atoms with Crippen LogP contribution in [0, 0.1) is 11.6 Å². The highest BCUT2D eigenvalue weighted by molar-refractivity contribution is 7.89. The summed E-state index contributed by atoms with van der Waals surface area (Å²) >= 11 is 0. The molecular formula is C17H18F2N2O3S. The first-order chi connectivity index (χ1) is 11.6. The Kier molecular flexibility index (Phi) is 5.54. The number of nitrogens with zero attached hydrogens (tertiary/aromatic N) is 1. The monoisotopic (exact) mass is 368 g/mol. The van der Waals surface area contributed by atoms with Crippen LogP contribution in [0.5, 0.6) is 0 Å². The second-order valence-corrected chi connectivity index (χ2v) is 7.72. The van der Waals surface area contributed by atoms with Crippen LogP contribution in [-0.2, 0) is 10.0 Å². The molecule has 2 aromatic rings. The molecule has 0 spiro atoms. The van der Waals surface area contributed by atoms with Gasteiger partial charge in [-0.3, -0.25) is 4.79 Å². The van der Waals surface area contributed by atoms with Crippen molar-refractivity contribution in [3.8, 4) is 0 Å². The van der Waals surface area contributed by atoms with E-state index in [4.69, 9.17) is 0 Å². The average Bonchev–Trinajstić information content (AvgIpc) is 2.57. The minimum absolute atomic E-state index is 0.0156. The lowest BCUT2D eigenvalue weighted by molar-refractivity contribution is 0.102. The molecule has 1 N–H and O–H groups in total.